The molecule has 2 heterocycles. The fourth-order valence-electron chi connectivity index (χ4n) is 4.59. The summed E-state index contributed by atoms with van der Waals surface area (Å²) in [6.45, 7) is 11.9. The Morgan fingerprint density at radius 1 is 1.24 bits per heavy atom. The number of carbonyl (C=O) groups excluding carboxylic acids is 2. The Bertz CT molecular complexity index is 1120. The van der Waals surface area contributed by atoms with E-state index in [2.05, 4.69) is 10.3 Å². The SMILES string of the molecule is CC(C)C[C@@H](NC(=O)OC(C)(C)C)C(=O)N1CCCN(S(O)(O)c2cccc3cncc(F)c23)[C@@H](C)C1. The van der Waals surface area contributed by atoms with Crippen molar-refractivity contribution in [2.75, 3.05) is 19.6 Å². The molecular weight excluding hydrogens is 499 g/mol. The molecule has 0 saturated carbocycles. The molecule has 3 rings (SSSR count). The summed E-state index contributed by atoms with van der Waals surface area (Å²) in [5.41, 5.74) is -0.696. The second kappa shape index (κ2) is 11.5. The number of hydrogen-bond donors (Lipinski definition) is 3. The summed E-state index contributed by atoms with van der Waals surface area (Å²) in [7, 11) is -3.57. The number of halogens is 1. The predicted molar refractivity (Wildman–Crippen MR) is 143 cm³/mol. The van der Waals surface area contributed by atoms with Crippen molar-refractivity contribution < 1.29 is 27.8 Å². The zero-order valence-corrected chi connectivity index (χ0v) is 23.2. The van der Waals surface area contributed by atoms with Gasteiger partial charge in [-0.2, -0.15) is 4.31 Å². The highest BCUT2D eigenvalue weighted by Gasteiger charge is 2.37. The number of amides is 2. The smallest absolute Gasteiger partial charge is 0.408 e. The third-order valence-corrected chi connectivity index (χ3v) is 8.24. The quantitative estimate of drug-likeness (QED) is 0.459. The van der Waals surface area contributed by atoms with Crippen LogP contribution in [0.1, 0.15) is 54.4 Å². The molecule has 37 heavy (non-hydrogen) atoms. The van der Waals surface area contributed by atoms with Crippen LogP contribution in [-0.2, 0) is 9.53 Å². The van der Waals surface area contributed by atoms with E-state index in [0.717, 1.165) is 6.20 Å². The summed E-state index contributed by atoms with van der Waals surface area (Å²) in [4.78, 5) is 31.6. The number of ether oxygens (including phenoxy) is 1. The topological polar surface area (TPSA) is 115 Å². The summed E-state index contributed by atoms with van der Waals surface area (Å²) in [5.74, 6) is -0.725. The number of benzene rings is 1. The molecule has 0 aliphatic carbocycles. The molecule has 206 valence electrons. The molecule has 1 fully saturated rings. The van der Waals surface area contributed by atoms with Gasteiger partial charge in [0.25, 0.3) is 0 Å². The van der Waals surface area contributed by atoms with E-state index in [1.807, 2.05) is 20.8 Å². The van der Waals surface area contributed by atoms with Crippen LogP contribution >= 0.6 is 10.8 Å². The maximum Gasteiger partial charge on any atom is 0.408 e. The molecule has 0 radical (unpaired) electrons. The number of hydrogen-bond acceptors (Lipinski definition) is 7. The van der Waals surface area contributed by atoms with Crippen LogP contribution in [0.15, 0.2) is 35.5 Å². The Labute approximate surface area is 219 Å². The van der Waals surface area contributed by atoms with Gasteiger partial charge in [-0.3, -0.25) is 18.9 Å². The highest BCUT2D eigenvalue weighted by Crippen LogP contribution is 2.55. The molecule has 2 atom stereocenters. The van der Waals surface area contributed by atoms with E-state index in [1.54, 1.807) is 42.1 Å². The summed E-state index contributed by atoms with van der Waals surface area (Å²) in [6, 6.07) is 3.62. The molecule has 0 bridgehead atoms. The van der Waals surface area contributed by atoms with Crippen LogP contribution in [-0.4, -0.2) is 72.6 Å². The minimum atomic E-state index is -3.57. The third-order valence-electron chi connectivity index (χ3n) is 6.11. The lowest BCUT2D eigenvalue weighted by atomic mass is 10.0. The lowest BCUT2D eigenvalue weighted by Gasteiger charge is -2.46. The maximum absolute atomic E-state index is 14.7. The number of nitrogens with one attached hydrogen (secondary N) is 1. The van der Waals surface area contributed by atoms with E-state index in [-0.39, 0.29) is 28.7 Å². The van der Waals surface area contributed by atoms with Crippen LogP contribution in [0.25, 0.3) is 10.8 Å². The second-order valence-corrected chi connectivity index (χ2v) is 12.9. The van der Waals surface area contributed by atoms with E-state index in [1.165, 1.54) is 12.3 Å². The first-order valence-corrected chi connectivity index (χ1v) is 14.1. The number of rotatable bonds is 6. The Morgan fingerprint density at radius 2 is 1.95 bits per heavy atom. The summed E-state index contributed by atoms with van der Waals surface area (Å²) in [6.07, 6.45) is 2.79. The van der Waals surface area contributed by atoms with E-state index in [4.69, 9.17) is 4.74 Å². The van der Waals surface area contributed by atoms with Gasteiger partial charge in [0.05, 0.1) is 11.1 Å². The third kappa shape index (κ3) is 7.10. The number of alkyl carbamates (subject to hydrolysis) is 1. The molecule has 9 nitrogen and oxygen atoms in total. The van der Waals surface area contributed by atoms with Gasteiger partial charge in [0.15, 0.2) is 5.82 Å². The van der Waals surface area contributed by atoms with Crippen molar-refractivity contribution in [3.63, 3.8) is 0 Å². The largest absolute Gasteiger partial charge is 0.444 e. The van der Waals surface area contributed by atoms with Gasteiger partial charge in [0.1, 0.15) is 11.6 Å². The standard InChI is InChI=1S/C26H39FN4O5S/c1-17(2)13-21(29-25(33)36-26(4,5)6)24(32)30-11-8-12-31(18(3)16-30)37(34,35)22-10-7-9-19-14-28-15-20(27)23(19)22/h7,9-10,14-15,17-18,21,34-35H,8,11-13,16H2,1-6H3,(H,29,33)/t18-,21+/m0/s1. The molecule has 0 unspecified atom stereocenters. The fourth-order valence-corrected chi connectivity index (χ4v) is 6.55. The second-order valence-electron chi connectivity index (χ2n) is 11.0. The minimum absolute atomic E-state index is 0.0980. The van der Waals surface area contributed by atoms with Gasteiger partial charge >= 0.3 is 6.09 Å². The first-order chi connectivity index (χ1) is 17.2. The van der Waals surface area contributed by atoms with Crippen molar-refractivity contribution in [1.82, 2.24) is 19.5 Å². The number of nitrogens with zero attached hydrogens (tertiary/aromatic N) is 3. The van der Waals surface area contributed by atoms with Gasteiger partial charge in [-0.25, -0.2) is 9.18 Å². The molecule has 1 aliphatic heterocycles. The van der Waals surface area contributed by atoms with Crippen molar-refractivity contribution in [3.8, 4) is 0 Å². The molecule has 0 spiro atoms. The average Bonchev–Trinajstić information content (AvgIpc) is 2.98. The molecule has 1 aliphatic rings. The number of aromatic nitrogens is 1. The molecule has 1 saturated heterocycles. The molecule has 2 amide bonds. The van der Waals surface area contributed by atoms with E-state index >= 15 is 0 Å². The van der Waals surface area contributed by atoms with Crippen molar-refractivity contribution in [2.24, 2.45) is 5.92 Å². The van der Waals surface area contributed by atoms with Crippen molar-refractivity contribution in [2.45, 2.75) is 77.0 Å². The van der Waals surface area contributed by atoms with Crippen LogP contribution in [0.4, 0.5) is 9.18 Å². The van der Waals surface area contributed by atoms with Crippen molar-refractivity contribution >= 4 is 33.5 Å². The first kappa shape index (κ1) is 29.1. The van der Waals surface area contributed by atoms with Crippen LogP contribution in [0.5, 0.6) is 0 Å². The Hall–Kier alpha value is -2.47. The highest BCUT2D eigenvalue weighted by atomic mass is 32.3. The fraction of sp³-hybridized carbons (Fsp3) is 0.577. The normalized spacial score (nSPS) is 19.0. The maximum atomic E-state index is 14.7. The van der Waals surface area contributed by atoms with Crippen LogP contribution in [0, 0.1) is 11.7 Å². The molecule has 1 aromatic carbocycles. The lowest BCUT2D eigenvalue weighted by molar-refractivity contribution is -0.134. The number of fused-ring (bicyclic) bond motifs is 1. The average molecular weight is 539 g/mol. The van der Waals surface area contributed by atoms with Crippen molar-refractivity contribution in [1.29, 1.82) is 0 Å². The Balaban J connectivity index is 1.82. The molecule has 2 aromatic rings. The van der Waals surface area contributed by atoms with E-state index in [0.29, 0.717) is 31.3 Å². The summed E-state index contributed by atoms with van der Waals surface area (Å²) in [5, 5.41) is 3.32. The zero-order chi connectivity index (χ0) is 27.5. The Morgan fingerprint density at radius 3 is 2.59 bits per heavy atom. The zero-order valence-electron chi connectivity index (χ0n) is 22.4. The number of pyridine rings is 1. The van der Waals surface area contributed by atoms with Gasteiger partial charge < -0.3 is 15.0 Å². The monoisotopic (exact) mass is 538 g/mol. The van der Waals surface area contributed by atoms with Crippen molar-refractivity contribution in [3.05, 3.63) is 36.4 Å². The predicted octanol–water partition coefficient (Wildman–Crippen LogP) is 5.26. The van der Waals surface area contributed by atoms with E-state index in [9.17, 15) is 23.1 Å². The Kier molecular flexibility index (Phi) is 9.05. The van der Waals surface area contributed by atoms with Gasteiger partial charge in [-0.15, -0.1) is 10.8 Å². The van der Waals surface area contributed by atoms with Crippen LogP contribution in [0.2, 0.25) is 0 Å². The first-order valence-electron chi connectivity index (χ1n) is 12.6. The van der Waals surface area contributed by atoms with E-state index < -0.39 is 40.4 Å². The van der Waals surface area contributed by atoms with Gasteiger partial charge in [-0.1, -0.05) is 26.0 Å². The lowest BCUT2D eigenvalue weighted by Crippen LogP contribution is -2.52. The molecule has 1 aromatic heterocycles. The number of carbonyl (C=O) groups is 2. The minimum Gasteiger partial charge on any atom is -0.444 e. The summed E-state index contributed by atoms with van der Waals surface area (Å²) < 4.78 is 44.4. The highest BCUT2D eigenvalue weighted by molar-refractivity contribution is 8.22. The molecule has 11 heteroatoms. The van der Waals surface area contributed by atoms with Gasteiger partial charge in [0, 0.05) is 42.6 Å². The molecule has 3 N–H and O–H groups in total. The summed E-state index contributed by atoms with van der Waals surface area (Å²) >= 11 is 0. The van der Waals surface area contributed by atoms with Crippen LogP contribution in [0.3, 0.4) is 0 Å². The molecular formula is C26H39FN4O5S. The van der Waals surface area contributed by atoms with Crippen LogP contribution < -0.4 is 5.32 Å². The van der Waals surface area contributed by atoms with Gasteiger partial charge in [0.2, 0.25) is 5.91 Å². The van der Waals surface area contributed by atoms with Gasteiger partial charge in [-0.05, 0) is 52.5 Å².